The Kier molecular flexibility index (Phi) is 10.2. The van der Waals surface area contributed by atoms with Gasteiger partial charge in [0.2, 0.25) is 5.91 Å². The number of alkyl carbamates (subject to hydrolysis) is 1. The van der Waals surface area contributed by atoms with E-state index >= 15 is 0 Å². The van der Waals surface area contributed by atoms with Crippen LogP contribution in [-0.4, -0.2) is 35.2 Å². The van der Waals surface area contributed by atoms with Crippen molar-refractivity contribution in [2.75, 3.05) is 13.1 Å². The van der Waals surface area contributed by atoms with Gasteiger partial charge in [0.05, 0.1) is 6.54 Å². The Bertz CT molecular complexity index is 298. The fourth-order valence-electron chi connectivity index (χ4n) is 0.984. The van der Waals surface area contributed by atoms with Crippen molar-refractivity contribution in [1.82, 2.24) is 16.0 Å². The first-order valence-electron chi connectivity index (χ1n) is 6.15. The van der Waals surface area contributed by atoms with E-state index in [1.165, 1.54) is 0 Å². The molecule has 4 amide bonds. The van der Waals surface area contributed by atoms with Crippen molar-refractivity contribution in [3.05, 3.63) is 0 Å². The molecule has 0 aromatic heterocycles. The van der Waals surface area contributed by atoms with E-state index < -0.39 is 6.03 Å². The van der Waals surface area contributed by atoms with Crippen molar-refractivity contribution in [3.8, 4) is 0 Å². The van der Waals surface area contributed by atoms with E-state index in [4.69, 9.17) is 4.74 Å². The fourth-order valence-corrected chi connectivity index (χ4v) is 1.21. The van der Waals surface area contributed by atoms with Crippen LogP contribution in [0.5, 0.6) is 0 Å². The monoisotopic (exact) mass is 385 g/mol. The number of nitrogens with one attached hydrogen (secondary N) is 3. The lowest BCUT2D eigenvalue weighted by molar-refractivity contribution is -0.117. The summed E-state index contributed by atoms with van der Waals surface area (Å²) in [5, 5.41) is 6.98. The number of amides is 4. The van der Waals surface area contributed by atoms with Gasteiger partial charge in [0.25, 0.3) is 0 Å². The summed E-state index contributed by atoms with van der Waals surface area (Å²) in [5.41, 5.74) is 0. The Labute approximate surface area is 126 Å². The number of halogens is 1. The zero-order valence-corrected chi connectivity index (χ0v) is 13.3. The molecule has 0 aliphatic carbocycles. The third-order valence-electron chi connectivity index (χ3n) is 2.02. The standard InChI is InChI=1S/C8H16INO2.C3H4N2O2/c1-3-5-6-10-8(11)12-7(9)4-2;6-2-1-4-3(7)5-2/h7H,3-6H2,1-2H3,(H,10,11);1H2,(H2,4,5,6,7). The molecule has 1 unspecified atom stereocenters. The Balaban J connectivity index is 0.000000388. The van der Waals surface area contributed by atoms with Gasteiger partial charge in [-0.2, -0.15) is 0 Å². The summed E-state index contributed by atoms with van der Waals surface area (Å²) in [6, 6.07) is -0.398. The third-order valence-corrected chi connectivity index (χ3v) is 3.15. The molecule has 110 valence electrons. The molecule has 1 rings (SSSR count). The normalized spacial score (nSPS) is 14.7. The highest BCUT2D eigenvalue weighted by Gasteiger charge is 2.14. The van der Waals surface area contributed by atoms with Crippen molar-refractivity contribution >= 4 is 40.6 Å². The number of carbonyl (C=O) groups excluding carboxylic acids is 3. The van der Waals surface area contributed by atoms with E-state index in [9.17, 15) is 14.4 Å². The summed E-state index contributed by atoms with van der Waals surface area (Å²) in [6.45, 7) is 4.90. The highest BCUT2D eigenvalue weighted by molar-refractivity contribution is 14.1. The minimum atomic E-state index is -0.398. The van der Waals surface area contributed by atoms with Crippen LogP contribution in [-0.2, 0) is 9.53 Å². The summed E-state index contributed by atoms with van der Waals surface area (Å²) in [4.78, 5) is 31.0. The number of rotatable bonds is 5. The predicted octanol–water partition coefficient (Wildman–Crippen LogP) is 1.51. The molecule has 7 nitrogen and oxygen atoms in total. The van der Waals surface area contributed by atoms with Gasteiger partial charge in [-0.3, -0.25) is 10.1 Å². The van der Waals surface area contributed by atoms with Crippen LogP contribution in [0.25, 0.3) is 0 Å². The molecule has 0 saturated carbocycles. The van der Waals surface area contributed by atoms with Crippen molar-refractivity contribution in [2.24, 2.45) is 0 Å². The molecule has 0 aromatic carbocycles. The number of alkyl halides is 1. The van der Waals surface area contributed by atoms with Crippen LogP contribution < -0.4 is 16.0 Å². The van der Waals surface area contributed by atoms with Gasteiger partial charge in [-0.1, -0.05) is 20.3 Å². The van der Waals surface area contributed by atoms with E-state index in [0.717, 1.165) is 19.3 Å². The number of hydrogen-bond donors (Lipinski definition) is 3. The lowest BCUT2D eigenvalue weighted by Gasteiger charge is -2.09. The molecular weight excluding hydrogens is 365 g/mol. The third kappa shape index (κ3) is 10.5. The minimum Gasteiger partial charge on any atom is -0.436 e. The molecule has 1 fully saturated rings. The van der Waals surface area contributed by atoms with Crippen molar-refractivity contribution in [2.45, 2.75) is 37.2 Å². The van der Waals surface area contributed by atoms with Gasteiger partial charge in [0.1, 0.15) is 0 Å². The van der Waals surface area contributed by atoms with Crippen LogP contribution in [0.3, 0.4) is 0 Å². The molecule has 1 heterocycles. The average Bonchev–Trinajstić information content (AvgIpc) is 2.74. The topological polar surface area (TPSA) is 96.5 Å². The van der Waals surface area contributed by atoms with Crippen molar-refractivity contribution in [3.63, 3.8) is 0 Å². The molecule has 3 N–H and O–H groups in total. The summed E-state index contributed by atoms with van der Waals surface area (Å²) < 4.78 is 4.97. The Morgan fingerprint density at radius 2 is 2.16 bits per heavy atom. The van der Waals surface area contributed by atoms with Crippen LogP contribution in [0.2, 0.25) is 0 Å². The van der Waals surface area contributed by atoms with Crippen molar-refractivity contribution in [1.29, 1.82) is 0 Å². The second kappa shape index (κ2) is 10.8. The van der Waals surface area contributed by atoms with Crippen molar-refractivity contribution < 1.29 is 19.1 Å². The number of ether oxygens (including phenoxy) is 1. The zero-order chi connectivity index (χ0) is 14.7. The molecule has 0 spiro atoms. The first-order valence-corrected chi connectivity index (χ1v) is 7.40. The van der Waals surface area contributed by atoms with Gasteiger partial charge < -0.3 is 15.4 Å². The van der Waals surface area contributed by atoms with E-state index in [1.807, 2.05) is 12.2 Å². The van der Waals surface area contributed by atoms with E-state index in [-0.39, 0.29) is 22.7 Å². The van der Waals surface area contributed by atoms with Gasteiger partial charge in [-0.05, 0) is 35.4 Å². The Morgan fingerprint density at radius 1 is 1.47 bits per heavy atom. The molecule has 1 saturated heterocycles. The van der Waals surface area contributed by atoms with Crippen LogP contribution >= 0.6 is 22.6 Å². The van der Waals surface area contributed by atoms with Crippen LogP contribution in [0.1, 0.15) is 33.1 Å². The second-order valence-corrected chi connectivity index (χ2v) is 5.12. The Hall–Kier alpha value is -1.06. The molecule has 0 aromatic rings. The molecular formula is C11H20IN3O4. The summed E-state index contributed by atoms with van der Waals surface area (Å²) >= 11 is 2.10. The van der Waals surface area contributed by atoms with Gasteiger partial charge >= 0.3 is 12.1 Å². The number of urea groups is 1. The van der Waals surface area contributed by atoms with Gasteiger partial charge in [-0.25, -0.2) is 9.59 Å². The van der Waals surface area contributed by atoms with Crippen LogP contribution in [0.4, 0.5) is 9.59 Å². The molecule has 1 atom stereocenters. The molecule has 8 heteroatoms. The van der Waals surface area contributed by atoms with E-state index in [1.54, 1.807) is 0 Å². The van der Waals surface area contributed by atoms with Gasteiger partial charge in [-0.15, -0.1) is 0 Å². The van der Waals surface area contributed by atoms with Gasteiger partial charge in [0, 0.05) is 6.54 Å². The molecule has 0 bridgehead atoms. The zero-order valence-electron chi connectivity index (χ0n) is 11.1. The Morgan fingerprint density at radius 3 is 2.53 bits per heavy atom. The van der Waals surface area contributed by atoms with E-state index in [0.29, 0.717) is 6.54 Å². The molecule has 1 aliphatic rings. The van der Waals surface area contributed by atoms with Crippen LogP contribution in [0, 0.1) is 0 Å². The number of carbonyl (C=O) groups is 3. The van der Waals surface area contributed by atoms with Crippen LogP contribution in [0.15, 0.2) is 0 Å². The minimum absolute atomic E-state index is 0.00998. The SMILES string of the molecule is CCCCNC(=O)OC(I)CC.O=C1CNC(=O)N1. The average molecular weight is 385 g/mol. The number of imide groups is 1. The lowest BCUT2D eigenvalue weighted by atomic mass is 10.3. The first kappa shape index (κ1) is 17.9. The molecule has 0 radical (unpaired) electrons. The largest absolute Gasteiger partial charge is 0.436 e. The number of hydrogen-bond acceptors (Lipinski definition) is 4. The summed E-state index contributed by atoms with van der Waals surface area (Å²) in [6.07, 6.45) is 2.64. The second-order valence-electron chi connectivity index (χ2n) is 3.73. The fraction of sp³-hybridized carbons (Fsp3) is 0.727. The molecule has 19 heavy (non-hydrogen) atoms. The smallest absolute Gasteiger partial charge is 0.408 e. The number of unbranched alkanes of at least 4 members (excludes halogenated alkanes) is 1. The lowest BCUT2D eigenvalue weighted by Crippen LogP contribution is -2.27. The summed E-state index contributed by atoms with van der Waals surface area (Å²) in [5.74, 6) is -0.259. The summed E-state index contributed by atoms with van der Waals surface area (Å²) in [7, 11) is 0. The maximum atomic E-state index is 10.9. The maximum Gasteiger partial charge on any atom is 0.408 e. The highest BCUT2D eigenvalue weighted by atomic mass is 127. The predicted molar refractivity (Wildman–Crippen MR) is 79.0 cm³/mol. The van der Waals surface area contributed by atoms with Gasteiger partial charge in [0.15, 0.2) is 4.11 Å². The molecule has 1 aliphatic heterocycles. The first-order chi connectivity index (χ1) is 8.99. The van der Waals surface area contributed by atoms with E-state index in [2.05, 4.69) is 40.1 Å². The highest BCUT2D eigenvalue weighted by Crippen LogP contribution is 2.06. The quantitative estimate of drug-likeness (QED) is 0.289. The maximum absolute atomic E-state index is 10.9.